The van der Waals surface area contributed by atoms with E-state index in [0.29, 0.717) is 25.2 Å². The summed E-state index contributed by atoms with van der Waals surface area (Å²) in [6.07, 6.45) is 3.02. The van der Waals surface area contributed by atoms with Crippen LogP contribution in [0.1, 0.15) is 24.1 Å². The summed E-state index contributed by atoms with van der Waals surface area (Å²) in [4.78, 5) is 15.0. The number of hydrogen-bond donors (Lipinski definition) is 2. The number of pyridine rings is 1. The molecule has 0 bridgehead atoms. The second-order valence-electron chi connectivity index (χ2n) is 4.04. The number of aromatic nitrogens is 1. The first-order valence-electron chi connectivity index (χ1n) is 5.63. The van der Waals surface area contributed by atoms with Crippen molar-refractivity contribution in [3.05, 3.63) is 29.6 Å². The fourth-order valence-corrected chi connectivity index (χ4v) is 1.84. The minimum Gasteiger partial charge on any atom is -0.355 e. The molecule has 5 heteroatoms. The Morgan fingerprint density at radius 2 is 2.53 bits per heavy atom. The molecule has 1 fully saturated rings. The Hall–Kier alpha value is -1.93. The number of rotatable bonds is 3. The largest absolute Gasteiger partial charge is 0.355 e. The predicted molar refractivity (Wildman–Crippen MR) is 61.8 cm³/mol. The van der Waals surface area contributed by atoms with Crippen LogP contribution in [-0.2, 0) is 11.3 Å². The van der Waals surface area contributed by atoms with Crippen molar-refractivity contribution in [3.63, 3.8) is 0 Å². The second kappa shape index (κ2) is 5.41. The fraction of sp³-hybridized carbons (Fsp3) is 0.417. The molecule has 1 atom stereocenters. The lowest BCUT2D eigenvalue weighted by Gasteiger charge is -2.23. The SMILES string of the molecule is N#Cc1ncccc1CNC1CCC(=O)NC1. The molecule has 88 valence electrons. The van der Waals surface area contributed by atoms with Crippen molar-refractivity contribution >= 4 is 5.91 Å². The predicted octanol–water partition coefficient (Wildman–Crippen LogP) is 0.321. The molecule has 0 radical (unpaired) electrons. The minimum atomic E-state index is 0.113. The van der Waals surface area contributed by atoms with Crippen LogP contribution in [0.3, 0.4) is 0 Å². The molecule has 0 spiro atoms. The van der Waals surface area contributed by atoms with Gasteiger partial charge >= 0.3 is 0 Å². The molecule has 1 unspecified atom stereocenters. The van der Waals surface area contributed by atoms with Crippen molar-refractivity contribution in [2.45, 2.75) is 25.4 Å². The average Bonchev–Trinajstić information content (AvgIpc) is 2.38. The highest BCUT2D eigenvalue weighted by molar-refractivity contribution is 5.76. The monoisotopic (exact) mass is 230 g/mol. The molecule has 1 aliphatic heterocycles. The zero-order valence-electron chi connectivity index (χ0n) is 9.44. The molecule has 5 nitrogen and oxygen atoms in total. The molecule has 0 aromatic carbocycles. The molecule has 1 aromatic rings. The van der Waals surface area contributed by atoms with Gasteiger partial charge in [-0.1, -0.05) is 6.07 Å². The van der Waals surface area contributed by atoms with Crippen molar-refractivity contribution in [1.82, 2.24) is 15.6 Å². The highest BCUT2D eigenvalue weighted by atomic mass is 16.1. The molecule has 1 aromatic heterocycles. The minimum absolute atomic E-state index is 0.113. The number of hydrogen-bond acceptors (Lipinski definition) is 4. The number of nitrogens with zero attached hydrogens (tertiary/aromatic N) is 2. The molecule has 1 amide bonds. The third-order valence-corrected chi connectivity index (χ3v) is 2.84. The maximum Gasteiger partial charge on any atom is 0.220 e. The van der Waals surface area contributed by atoms with Crippen LogP contribution in [0.4, 0.5) is 0 Å². The zero-order chi connectivity index (χ0) is 12.1. The standard InChI is InChI=1S/C12H14N4O/c13-6-11-9(2-1-5-14-11)7-15-10-3-4-12(17)16-8-10/h1-2,5,10,15H,3-4,7-8H2,(H,16,17). The van der Waals surface area contributed by atoms with Crippen LogP contribution >= 0.6 is 0 Å². The topological polar surface area (TPSA) is 77.8 Å². The van der Waals surface area contributed by atoms with E-state index >= 15 is 0 Å². The van der Waals surface area contributed by atoms with E-state index in [1.54, 1.807) is 6.20 Å². The molecule has 2 heterocycles. The number of nitriles is 1. The summed E-state index contributed by atoms with van der Waals surface area (Å²) in [6.45, 7) is 1.26. The Kier molecular flexibility index (Phi) is 3.68. The van der Waals surface area contributed by atoms with Crippen LogP contribution < -0.4 is 10.6 Å². The Morgan fingerprint density at radius 3 is 3.24 bits per heavy atom. The molecule has 2 N–H and O–H groups in total. The van der Waals surface area contributed by atoms with Gasteiger partial charge in [0.1, 0.15) is 11.8 Å². The first kappa shape index (κ1) is 11.6. The first-order valence-corrected chi connectivity index (χ1v) is 5.63. The molecular formula is C12H14N4O. The van der Waals surface area contributed by atoms with Crippen LogP contribution in [0.2, 0.25) is 0 Å². The quantitative estimate of drug-likeness (QED) is 0.784. The average molecular weight is 230 g/mol. The summed E-state index contributed by atoms with van der Waals surface area (Å²) in [5, 5.41) is 15.0. The van der Waals surface area contributed by atoms with Crippen molar-refractivity contribution < 1.29 is 4.79 Å². The lowest BCUT2D eigenvalue weighted by atomic mass is 10.1. The van der Waals surface area contributed by atoms with Crippen molar-refractivity contribution in [2.75, 3.05) is 6.54 Å². The molecule has 17 heavy (non-hydrogen) atoms. The van der Waals surface area contributed by atoms with Crippen molar-refractivity contribution in [1.29, 1.82) is 5.26 Å². The van der Waals surface area contributed by atoms with E-state index in [1.807, 2.05) is 12.1 Å². The van der Waals surface area contributed by atoms with Crippen LogP contribution in [0.15, 0.2) is 18.3 Å². The van der Waals surface area contributed by atoms with Crippen LogP contribution in [0.25, 0.3) is 0 Å². The highest BCUT2D eigenvalue weighted by Crippen LogP contribution is 2.07. The lowest BCUT2D eigenvalue weighted by Crippen LogP contribution is -2.45. The van der Waals surface area contributed by atoms with Gasteiger partial charge in [0.05, 0.1) is 0 Å². The summed E-state index contributed by atoms with van der Waals surface area (Å²) < 4.78 is 0. The molecule has 1 saturated heterocycles. The molecular weight excluding hydrogens is 216 g/mol. The maximum absolute atomic E-state index is 11.0. The summed E-state index contributed by atoms with van der Waals surface area (Å²) in [7, 11) is 0. The molecule has 2 rings (SSSR count). The van der Waals surface area contributed by atoms with E-state index in [0.717, 1.165) is 12.0 Å². The highest BCUT2D eigenvalue weighted by Gasteiger charge is 2.17. The summed E-state index contributed by atoms with van der Waals surface area (Å²) >= 11 is 0. The van der Waals surface area contributed by atoms with Crippen molar-refractivity contribution in [2.24, 2.45) is 0 Å². The third-order valence-electron chi connectivity index (χ3n) is 2.84. The Bertz CT molecular complexity index is 442. The van der Waals surface area contributed by atoms with E-state index in [2.05, 4.69) is 21.7 Å². The molecule has 0 aliphatic carbocycles. The summed E-state index contributed by atoms with van der Waals surface area (Å²) in [5.74, 6) is 0.113. The van der Waals surface area contributed by atoms with Crippen LogP contribution in [0, 0.1) is 11.3 Å². The van der Waals surface area contributed by atoms with E-state index in [1.165, 1.54) is 0 Å². The van der Waals surface area contributed by atoms with Gasteiger partial charge in [0.25, 0.3) is 0 Å². The number of amides is 1. The van der Waals surface area contributed by atoms with Gasteiger partial charge in [0.15, 0.2) is 0 Å². The number of carbonyl (C=O) groups excluding carboxylic acids is 1. The Labute approximate surface area is 99.9 Å². The van der Waals surface area contributed by atoms with E-state index < -0.39 is 0 Å². The lowest BCUT2D eigenvalue weighted by molar-refractivity contribution is -0.122. The molecule has 1 aliphatic rings. The number of nitrogens with one attached hydrogen (secondary N) is 2. The van der Waals surface area contributed by atoms with Crippen molar-refractivity contribution in [3.8, 4) is 6.07 Å². The van der Waals surface area contributed by atoms with Crippen LogP contribution in [-0.4, -0.2) is 23.5 Å². The van der Waals surface area contributed by atoms with Gasteiger partial charge in [0.2, 0.25) is 5.91 Å². The maximum atomic E-state index is 11.0. The van der Waals surface area contributed by atoms with E-state index in [-0.39, 0.29) is 11.9 Å². The van der Waals surface area contributed by atoms with Gasteiger partial charge in [-0.25, -0.2) is 4.98 Å². The van der Waals surface area contributed by atoms with E-state index in [9.17, 15) is 4.79 Å². The van der Waals surface area contributed by atoms with Gasteiger partial charge in [-0.15, -0.1) is 0 Å². The van der Waals surface area contributed by atoms with Gasteiger partial charge in [-0.3, -0.25) is 4.79 Å². The fourth-order valence-electron chi connectivity index (χ4n) is 1.84. The Morgan fingerprint density at radius 1 is 1.65 bits per heavy atom. The first-order chi connectivity index (χ1) is 8.29. The van der Waals surface area contributed by atoms with Gasteiger partial charge in [-0.2, -0.15) is 5.26 Å². The van der Waals surface area contributed by atoms with E-state index in [4.69, 9.17) is 5.26 Å². The van der Waals surface area contributed by atoms with Gasteiger partial charge in [0, 0.05) is 37.3 Å². The normalized spacial score (nSPS) is 19.5. The summed E-state index contributed by atoms with van der Waals surface area (Å²) in [5.41, 5.74) is 1.35. The third kappa shape index (κ3) is 3.02. The van der Waals surface area contributed by atoms with Gasteiger partial charge in [-0.05, 0) is 12.5 Å². The van der Waals surface area contributed by atoms with Gasteiger partial charge < -0.3 is 10.6 Å². The number of carbonyl (C=O) groups is 1. The summed E-state index contributed by atoms with van der Waals surface area (Å²) in [6, 6.07) is 6.06. The smallest absolute Gasteiger partial charge is 0.220 e. The Balaban J connectivity index is 1.90. The van der Waals surface area contributed by atoms with Crippen LogP contribution in [0.5, 0.6) is 0 Å². The zero-order valence-corrected chi connectivity index (χ0v) is 9.44. The second-order valence-corrected chi connectivity index (χ2v) is 4.04. The number of piperidine rings is 1. The molecule has 0 saturated carbocycles.